The minimum Gasteiger partial charge on any atom is -0.358 e. The van der Waals surface area contributed by atoms with Gasteiger partial charge in [-0.3, -0.25) is 0 Å². The van der Waals surface area contributed by atoms with Crippen LogP contribution in [-0.2, 0) is 27.5 Å². The van der Waals surface area contributed by atoms with Crippen LogP contribution >= 0.6 is 0 Å². The topological polar surface area (TPSA) is 0 Å². The third kappa shape index (κ3) is 9.86. The Kier molecular flexibility index (Phi) is 17.7. The molecule has 0 aliphatic heterocycles. The van der Waals surface area contributed by atoms with Crippen LogP contribution < -0.4 is 0 Å². The minimum absolute atomic E-state index is 0. The van der Waals surface area contributed by atoms with Gasteiger partial charge < -0.3 is 7.43 Å². The average Bonchev–Trinajstić information content (AvgIpc) is 2.06. The van der Waals surface area contributed by atoms with Gasteiger partial charge in [-0.2, -0.15) is 24.6 Å². The molecule has 1 aromatic rings. The molecular weight excluding hydrogens is 340 g/mol. The van der Waals surface area contributed by atoms with Gasteiger partial charge in [0, 0.05) is 0 Å². The molecule has 0 radical (unpaired) electrons. The number of aryl methyl sites for hydroxylation is 1. The summed E-state index contributed by atoms with van der Waals surface area (Å²) >= 11 is 0. The van der Waals surface area contributed by atoms with E-state index in [1.165, 1.54) is 12.0 Å². The van der Waals surface area contributed by atoms with E-state index in [1.54, 1.807) is 0 Å². The van der Waals surface area contributed by atoms with Gasteiger partial charge in [-0.05, 0) is 6.42 Å². The van der Waals surface area contributed by atoms with E-state index in [2.05, 4.69) is 39.8 Å². The van der Waals surface area contributed by atoms with Crippen molar-refractivity contribution in [2.24, 2.45) is 0 Å². The molecule has 0 nitrogen and oxygen atoms in total. The maximum absolute atomic E-state index is 3.83. The van der Waals surface area contributed by atoms with Crippen molar-refractivity contribution in [2.75, 3.05) is 0 Å². The van der Waals surface area contributed by atoms with Crippen molar-refractivity contribution in [3.63, 3.8) is 0 Å². The number of rotatable bonds is 1. The van der Waals surface area contributed by atoms with E-state index in [4.69, 9.17) is 0 Å². The average molecular weight is 362 g/mol. The molecule has 14 heavy (non-hydrogen) atoms. The van der Waals surface area contributed by atoms with Gasteiger partial charge in [0.2, 0.25) is 0 Å². The molecule has 0 N–H and O–H groups in total. The van der Waals surface area contributed by atoms with Crippen molar-refractivity contribution in [3.05, 3.63) is 49.7 Å². The second kappa shape index (κ2) is 12.8. The van der Waals surface area contributed by atoms with E-state index >= 15 is 0 Å². The van der Waals surface area contributed by atoms with E-state index in [1.807, 2.05) is 12.1 Å². The molecule has 0 amide bonds. The summed E-state index contributed by atoms with van der Waals surface area (Å²) in [7, 11) is 0. The predicted octanol–water partition coefficient (Wildman–Crippen LogP) is 4.30. The van der Waals surface area contributed by atoms with Gasteiger partial charge >= 0.3 is 21.1 Å². The van der Waals surface area contributed by atoms with Crippen molar-refractivity contribution in [1.82, 2.24) is 0 Å². The Bertz CT molecular complexity index is 206. The van der Waals surface area contributed by atoms with Crippen LogP contribution in [-0.4, -0.2) is 0 Å². The standard InChI is InChI=1S/C9H11.C3H8.CH3.W/c1-3-9-6-4-5-8(2)7-9;1-3-2;;/h4-7H,2-3H2,1H3;3H2,1-2H3;1H3;/q-1;;-1;+2. The van der Waals surface area contributed by atoms with Crippen LogP contribution in [0, 0.1) is 14.4 Å². The van der Waals surface area contributed by atoms with Crippen LogP contribution in [0.4, 0.5) is 0 Å². The zero-order chi connectivity index (χ0) is 9.40. The summed E-state index contributed by atoms with van der Waals surface area (Å²) < 4.78 is 0. The van der Waals surface area contributed by atoms with E-state index in [-0.39, 0.29) is 28.5 Å². The van der Waals surface area contributed by atoms with Gasteiger partial charge in [-0.1, -0.05) is 33.3 Å². The third-order valence-corrected chi connectivity index (χ3v) is 1.40. The number of benzene rings is 1. The molecule has 0 saturated carbocycles. The molecular formula is C13H22W. The van der Waals surface area contributed by atoms with Gasteiger partial charge in [-0.25, -0.2) is 0 Å². The number of hydrogen-bond donors (Lipinski definition) is 0. The Hall–Kier alpha value is -0.222. The Morgan fingerprint density at radius 2 is 1.64 bits per heavy atom. The SMILES string of the molecule is CCC.[CH2-]c1cccc(CC)c1.[CH3-].[W+2]. The zero-order valence-electron chi connectivity index (χ0n) is 9.84. The molecule has 0 heterocycles. The second-order valence-corrected chi connectivity index (χ2v) is 2.88. The van der Waals surface area contributed by atoms with E-state index in [0.717, 1.165) is 12.0 Å². The van der Waals surface area contributed by atoms with E-state index in [0.29, 0.717) is 0 Å². The predicted molar refractivity (Wildman–Crippen MR) is 62.7 cm³/mol. The Balaban J connectivity index is -0.000000218. The Morgan fingerprint density at radius 1 is 1.14 bits per heavy atom. The molecule has 0 spiro atoms. The van der Waals surface area contributed by atoms with E-state index in [9.17, 15) is 0 Å². The van der Waals surface area contributed by atoms with Crippen molar-refractivity contribution >= 4 is 0 Å². The smallest absolute Gasteiger partial charge is 0.358 e. The summed E-state index contributed by atoms with van der Waals surface area (Å²) in [5, 5.41) is 0. The van der Waals surface area contributed by atoms with Crippen LogP contribution in [0.5, 0.6) is 0 Å². The molecule has 1 aromatic carbocycles. The molecule has 0 atom stereocenters. The van der Waals surface area contributed by atoms with Gasteiger partial charge in [0.15, 0.2) is 0 Å². The van der Waals surface area contributed by atoms with Crippen LogP contribution in [0.15, 0.2) is 24.3 Å². The second-order valence-electron chi connectivity index (χ2n) is 2.88. The molecule has 80 valence electrons. The summed E-state index contributed by atoms with van der Waals surface area (Å²) in [6, 6.07) is 8.29. The first-order valence-corrected chi connectivity index (χ1v) is 4.65. The summed E-state index contributed by atoms with van der Waals surface area (Å²) in [6.45, 7) is 10.2. The summed E-state index contributed by atoms with van der Waals surface area (Å²) in [5.74, 6) is 0. The van der Waals surface area contributed by atoms with Gasteiger partial charge in [0.25, 0.3) is 0 Å². The van der Waals surface area contributed by atoms with Crippen LogP contribution in [0.1, 0.15) is 38.3 Å². The van der Waals surface area contributed by atoms with Gasteiger partial charge in [0.05, 0.1) is 0 Å². The summed E-state index contributed by atoms with van der Waals surface area (Å²) in [6.07, 6.45) is 2.35. The van der Waals surface area contributed by atoms with Crippen molar-refractivity contribution < 1.29 is 21.1 Å². The van der Waals surface area contributed by atoms with Crippen LogP contribution in [0.2, 0.25) is 0 Å². The first-order valence-electron chi connectivity index (χ1n) is 4.65. The fraction of sp³-hybridized carbons (Fsp3) is 0.385. The maximum atomic E-state index is 3.83. The Labute approximate surface area is 104 Å². The number of hydrogen-bond acceptors (Lipinski definition) is 0. The van der Waals surface area contributed by atoms with Crippen molar-refractivity contribution in [1.29, 1.82) is 0 Å². The molecule has 0 bridgehead atoms. The first kappa shape index (κ1) is 19.4. The van der Waals surface area contributed by atoms with Crippen LogP contribution in [0.25, 0.3) is 0 Å². The third-order valence-electron chi connectivity index (χ3n) is 1.40. The Morgan fingerprint density at radius 3 is 1.93 bits per heavy atom. The zero-order valence-corrected chi connectivity index (χ0v) is 12.8. The molecule has 0 aliphatic rings. The molecule has 1 heteroatoms. The van der Waals surface area contributed by atoms with Crippen molar-refractivity contribution in [2.45, 2.75) is 33.6 Å². The van der Waals surface area contributed by atoms with E-state index < -0.39 is 0 Å². The molecule has 0 saturated heterocycles. The normalized spacial score (nSPS) is 7.36. The van der Waals surface area contributed by atoms with Crippen LogP contribution in [0.3, 0.4) is 0 Å². The van der Waals surface area contributed by atoms with Crippen molar-refractivity contribution in [3.8, 4) is 0 Å². The van der Waals surface area contributed by atoms with Gasteiger partial charge in [-0.15, -0.1) is 11.6 Å². The minimum atomic E-state index is 0. The molecule has 0 unspecified atom stereocenters. The largest absolute Gasteiger partial charge is 2.00 e. The van der Waals surface area contributed by atoms with Gasteiger partial charge in [0.1, 0.15) is 0 Å². The molecule has 1 rings (SSSR count). The summed E-state index contributed by atoms with van der Waals surface area (Å²) in [4.78, 5) is 0. The quantitative estimate of drug-likeness (QED) is 0.654. The monoisotopic (exact) mass is 362 g/mol. The fourth-order valence-corrected chi connectivity index (χ4v) is 0.850. The fourth-order valence-electron chi connectivity index (χ4n) is 0.850. The summed E-state index contributed by atoms with van der Waals surface area (Å²) in [5.41, 5.74) is 2.47. The molecule has 0 aliphatic carbocycles. The molecule has 0 fully saturated rings. The maximum Gasteiger partial charge on any atom is 2.00 e. The first-order chi connectivity index (χ1) is 5.74. The molecule has 0 aromatic heterocycles.